The lowest BCUT2D eigenvalue weighted by Gasteiger charge is -2.29. The fourth-order valence-electron chi connectivity index (χ4n) is 5.66. The van der Waals surface area contributed by atoms with Crippen LogP contribution in [-0.4, -0.2) is 30.8 Å². The van der Waals surface area contributed by atoms with E-state index in [0.29, 0.717) is 31.2 Å². The van der Waals surface area contributed by atoms with Crippen molar-refractivity contribution in [3.63, 3.8) is 0 Å². The van der Waals surface area contributed by atoms with E-state index in [0.717, 1.165) is 29.9 Å². The molecule has 0 saturated heterocycles. The van der Waals surface area contributed by atoms with Crippen molar-refractivity contribution < 1.29 is 19.4 Å². The number of nitrogens with one attached hydrogen (secondary N) is 1. The topological polar surface area (TPSA) is 67.8 Å². The number of para-hydroxylation sites is 1. The van der Waals surface area contributed by atoms with E-state index < -0.39 is 0 Å². The average Bonchev–Trinajstić information content (AvgIpc) is 3.34. The van der Waals surface area contributed by atoms with Crippen molar-refractivity contribution in [2.24, 2.45) is 5.41 Å². The normalized spacial score (nSPS) is 14.7. The first-order valence-electron chi connectivity index (χ1n) is 14.1. The lowest BCUT2D eigenvalue weighted by molar-refractivity contribution is 0.0946. The van der Waals surface area contributed by atoms with Crippen LogP contribution in [0.2, 0.25) is 0 Å². The van der Waals surface area contributed by atoms with Crippen molar-refractivity contribution in [1.82, 2.24) is 5.32 Å². The molecule has 1 atom stereocenters. The van der Waals surface area contributed by atoms with Crippen molar-refractivity contribution in [2.45, 2.75) is 73.1 Å². The maximum atomic E-state index is 12.6. The molecule has 0 spiro atoms. The summed E-state index contributed by atoms with van der Waals surface area (Å²) >= 11 is 0. The molecule has 0 bridgehead atoms. The molecule has 1 aliphatic heterocycles. The Hall–Kier alpha value is -3.47. The van der Waals surface area contributed by atoms with Crippen molar-refractivity contribution >= 4 is 5.91 Å². The first kappa shape index (κ1) is 28.5. The summed E-state index contributed by atoms with van der Waals surface area (Å²) in [6.07, 6.45) is 1.65. The van der Waals surface area contributed by atoms with Gasteiger partial charge in [-0.05, 0) is 84.9 Å². The molecule has 0 aliphatic carbocycles. The first-order chi connectivity index (χ1) is 18.5. The molecule has 208 valence electrons. The molecule has 1 heterocycles. The van der Waals surface area contributed by atoms with Crippen molar-refractivity contribution in [1.29, 1.82) is 0 Å². The average molecular weight is 530 g/mol. The van der Waals surface area contributed by atoms with E-state index in [1.165, 1.54) is 33.9 Å². The van der Waals surface area contributed by atoms with Crippen LogP contribution in [0, 0.1) is 19.3 Å². The van der Waals surface area contributed by atoms with Gasteiger partial charge in [0.25, 0.3) is 5.91 Å². The van der Waals surface area contributed by atoms with Crippen LogP contribution in [0.15, 0.2) is 48.5 Å². The van der Waals surface area contributed by atoms with Crippen LogP contribution < -0.4 is 14.8 Å². The Morgan fingerprint density at radius 1 is 1.10 bits per heavy atom. The number of aromatic hydroxyl groups is 1. The van der Waals surface area contributed by atoms with Gasteiger partial charge in [-0.25, -0.2) is 0 Å². The van der Waals surface area contributed by atoms with Crippen LogP contribution in [-0.2, 0) is 6.42 Å². The molecule has 0 radical (unpaired) electrons. The predicted molar refractivity (Wildman–Crippen MR) is 157 cm³/mol. The summed E-state index contributed by atoms with van der Waals surface area (Å²) in [4.78, 5) is 12.6. The molecule has 2 N–H and O–H groups in total. The van der Waals surface area contributed by atoms with Gasteiger partial charge in [0.15, 0.2) is 11.5 Å². The van der Waals surface area contributed by atoms with Crippen LogP contribution in [0.25, 0.3) is 0 Å². The molecule has 5 nitrogen and oxygen atoms in total. The number of ether oxygens (including phenoxy) is 2. The number of rotatable bonds is 10. The van der Waals surface area contributed by atoms with Gasteiger partial charge in [0.1, 0.15) is 5.75 Å². The molecular formula is C34H43NO4. The van der Waals surface area contributed by atoms with Crippen LogP contribution in [0.5, 0.6) is 17.2 Å². The quantitative estimate of drug-likeness (QED) is 0.286. The SMILES string of the molecule is CCOc1c(C)c(CC(C)(C)CCNC(=O)c2ccccc2O)c(C)c2c1OCC2c1ccc(C(C)C)cc1. The van der Waals surface area contributed by atoms with E-state index in [-0.39, 0.29) is 23.0 Å². The molecule has 1 amide bonds. The van der Waals surface area contributed by atoms with Crippen LogP contribution in [0.1, 0.15) is 96.6 Å². The highest BCUT2D eigenvalue weighted by molar-refractivity contribution is 5.96. The van der Waals surface area contributed by atoms with Crippen molar-refractivity contribution in [2.75, 3.05) is 19.8 Å². The van der Waals surface area contributed by atoms with Gasteiger partial charge < -0.3 is 19.9 Å². The smallest absolute Gasteiger partial charge is 0.255 e. The van der Waals surface area contributed by atoms with E-state index in [1.54, 1.807) is 18.2 Å². The zero-order valence-corrected chi connectivity index (χ0v) is 24.5. The number of amides is 1. The van der Waals surface area contributed by atoms with E-state index >= 15 is 0 Å². The zero-order valence-electron chi connectivity index (χ0n) is 24.5. The third-order valence-electron chi connectivity index (χ3n) is 8.03. The standard InChI is InChI=1S/C34H43NO4/c1-8-38-31-23(5)27(19-34(6,7)17-18-35-33(37)26-11-9-10-12-29(26)36)22(4)30-28(20-39-32(30)31)25-15-13-24(14-16-25)21(2)3/h9-16,21,28,36H,8,17-20H2,1-7H3,(H,35,37). The lowest BCUT2D eigenvalue weighted by Crippen LogP contribution is -2.29. The van der Waals surface area contributed by atoms with Crippen molar-refractivity contribution in [3.05, 3.63) is 87.5 Å². The molecule has 5 heteroatoms. The number of benzene rings is 3. The summed E-state index contributed by atoms with van der Waals surface area (Å²) in [6, 6.07) is 15.6. The van der Waals surface area contributed by atoms with Gasteiger partial charge in [-0.1, -0.05) is 64.1 Å². The predicted octanol–water partition coefficient (Wildman–Crippen LogP) is 7.44. The highest BCUT2D eigenvalue weighted by atomic mass is 16.5. The molecular weight excluding hydrogens is 486 g/mol. The van der Waals surface area contributed by atoms with Gasteiger partial charge in [0, 0.05) is 18.0 Å². The highest BCUT2D eigenvalue weighted by Crippen LogP contribution is 2.50. The second-order valence-corrected chi connectivity index (χ2v) is 11.8. The monoisotopic (exact) mass is 529 g/mol. The molecule has 0 fully saturated rings. The number of hydrogen-bond donors (Lipinski definition) is 2. The Balaban J connectivity index is 1.59. The van der Waals surface area contributed by atoms with Crippen LogP contribution in [0.3, 0.4) is 0 Å². The number of hydrogen-bond acceptors (Lipinski definition) is 4. The summed E-state index contributed by atoms with van der Waals surface area (Å²) < 4.78 is 12.5. The Kier molecular flexibility index (Phi) is 8.58. The minimum absolute atomic E-state index is 0.00211. The van der Waals surface area contributed by atoms with Gasteiger partial charge >= 0.3 is 0 Å². The molecule has 3 aromatic rings. The second-order valence-electron chi connectivity index (χ2n) is 11.8. The number of carbonyl (C=O) groups excluding carboxylic acids is 1. The summed E-state index contributed by atoms with van der Waals surface area (Å²) in [5.41, 5.74) is 7.77. The minimum atomic E-state index is -0.254. The molecule has 1 unspecified atom stereocenters. The molecule has 3 aromatic carbocycles. The number of phenols is 1. The van der Waals surface area contributed by atoms with Gasteiger partial charge in [-0.15, -0.1) is 0 Å². The largest absolute Gasteiger partial charge is 0.507 e. The molecule has 4 rings (SSSR count). The van der Waals surface area contributed by atoms with Crippen LogP contribution >= 0.6 is 0 Å². The molecule has 39 heavy (non-hydrogen) atoms. The highest BCUT2D eigenvalue weighted by Gasteiger charge is 2.35. The third-order valence-corrected chi connectivity index (χ3v) is 8.03. The van der Waals surface area contributed by atoms with Gasteiger partial charge in [-0.3, -0.25) is 4.79 Å². The number of fused-ring (bicyclic) bond motifs is 1. The first-order valence-corrected chi connectivity index (χ1v) is 14.1. The third kappa shape index (κ3) is 6.08. The fraction of sp³-hybridized carbons (Fsp3) is 0.441. The van der Waals surface area contributed by atoms with Gasteiger partial charge in [-0.2, -0.15) is 0 Å². The molecule has 1 aliphatic rings. The lowest BCUT2D eigenvalue weighted by atomic mass is 9.77. The van der Waals surface area contributed by atoms with E-state index in [4.69, 9.17) is 9.47 Å². The number of phenolic OH excluding ortho intramolecular Hbond substituents is 1. The Bertz CT molecular complexity index is 1320. The fourth-order valence-corrected chi connectivity index (χ4v) is 5.66. The summed E-state index contributed by atoms with van der Waals surface area (Å²) in [5, 5.41) is 13.0. The van der Waals surface area contributed by atoms with Gasteiger partial charge in [0.05, 0.1) is 18.8 Å². The van der Waals surface area contributed by atoms with Gasteiger partial charge in [0.2, 0.25) is 0 Å². The Morgan fingerprint density at radius 3 is 2.44 bits per heavy atom. The number of carbonyl (C=O) groups is 1. The molecule has 0 saturated carbocycles. The summed E-state index contributed by atoms with van der Waals surface area (Å²) in [6.45, 7) is 17.0. The summed E-state index contributed by atoms with van der Waals surface area (Å²) in [5.74, 6) is 2.16. The van der Waals surface area contributed by atoms with Crippen molar-refractivity contribution in [3.8, 4) is 17.2 Å². The van der Waals surface area contributed by atoms with E-state index in [9.17, 15) is 9.90 Å². The zero-order chi connectivity index (χ0) is 28.3. The maximum Gasteiger partial charge on any atom is 0.255 e. The molecule has 0 aromatic heterocycles. The van der Waals surface area contributed by atoms with E-state index in [2.05, 4.69) is 71.1 Å². The van der Waals surface area contributed by atoms with E-state index in [1.807, 2.05) is 6.92 Å². The summed E-state index contributed by atoms with van der Waals surface area (Å²) in [7, 11) is 0. The van der Waals surface area contributed by atoms with Crippen LogP contribution in [0.4, 0.5) is 0 Å². The minimum Gasteiger partial charge on any atom is -0.507 e. The Morgan fingerprint density at radius 2 is 1.79 bits per heavy atom. The second kappa shape index (κ2) is 11.7. The maximum absolute atomic E-state index is 12.6. The Labute approximate surface area is 233 Å².